The summed E-state index contributed by atoms with van der Waals surface area (Å²) >= 11 is 8.97. The fraction of sp³-hybridized carbons (Fsp3) is 0.0476. The molecule has 9 heteroatoms. The lowest BCUT2D eigenvalue weighted by molar-refractivity contribution is -0.384. The predicted octanol–water partition coefficient (Wildman–Crippen LogP) is 5.81. The number of nitrogens with one attached hydrogen (secondary N) is 1. The van der Waals surface area contributed by atoms with E-state index in [1.807, 2.05) is 64.0 Å². The minimum absolute atomic E-state index is 0.0277. The molecule has 4 rings (SSSR count). The number of aromatic nitrogens is 3. The van der Waals surface area contributed by atoms with Crippen molar-refractivity contribution in [1.82, 2.24) is 14.3 Å². The number of hydrogen-bond donors (Lipinski definition) is 1. The molecule has 0 atom stereocenters. The average molecular weight is 482 g/mol. The summed E-state index contributed by atoms with van der Waals surface area (Å²) in [5, 5.41) is 14.3. The van der Waals surface area contributed by atoms with Gasteiger partial charge in [0.05, 0.1) is 10.6 Å². The summed E-state index contributed by atoms with van der Waals surface area (Å²) in [6.45, 7) is 0.398. The molecule has 1 aromatic heterocycles. The van der Waals surface area contributed by atoms with Crippen LogP contribution in [0.4, 0.5) is 11.4 Å². The summed E-state index contributed by atoms with van der Waals surface area (Å²) in [5.74, 6) is 0.610. The van der Waals surface area contributed by atoms with Crippen molar-refractivity contribution in [2.45, 2.75) is 6.67 Å². The quantitative estimate of drug-likeness (QED) is 0.213. The van der Waals surface area contributed by atoms with Crippen molar-refractivity contribution in [2.75, 3.05) is 5.32 Å². The van der Waals surface area contributed by atoms with Crippen LogP contribution < -0.4 is 5.32 Å². The highest BCUT2D eigenvalue weighted by Gasteiger charge is 2.16. The molecule has 0 bridgehead atoms. The number of anilines is 1. The molecular weight excluding hydrogens is 466 g/mol. The zero-order chi connectivity index (χ0) is 21.1. The number of nitrogens with zero attached hydrogens (tertiary/aromatic N) is 4. The standard InChI is InChI=1S/C21H16BrN5O2S/c22-16-8-10-17(11-9-16)23-14-25-21(30)24-20(26(25)18-4-2-1-3-5-18)15-6-12-19(13-7-15)27(28)29/h1-13,23H,14H2. The molecule has 3 aromatic carbocycles. The molecule has 1 N–H and O–H groups in total. The molecule has 0 aliphatic heterocycles. The Hall–Kier alpha value is -3.30. The fourth-order valence-electron chi connectivity index (χ4n) is 3.02. The van der Waals surface area contributed by atoms with Crippen molar-refractivity contribution in [2.24, 2.45) is 0 Å². The van der Waals surface area contributed by atoms with E-state index in [1.165, 1.54) is 12.1 Å². The van der Waals surface area contributed by atoms with Crippen molar-refractivity contribution < 1.29 is 4.92 Å². The van der Waals surface area contributed by atoms with Crippen LogP contribution in [0.1, 0.15) is 0 Å². The number of rotatable bonds is 6. The maximum atomic E-state index is 11.0. The van der Waals surface area contributed by atoms with E-state index in [0.717, 1.165) is 21.4 Å². The number of para-hydroxylation sites is 1. The van der Waals surface area contributed by atoms with Gasteiger partial charge in [-0.3, -0.25) is 10.1 Å². The number of non-ortho nitro benzene ring substituents is 1. The maximum Gasteiger partial charge on any atom is 0.269 e. The highest BCUT2D eigenvalue weighted by Crippen LogP contribution is 2.25. The third-order valence-electron chi connectivity index (χ3n) is 4.48. The summed E-state index contributed by atoms with van der Waals surface area (Å²) in [4.78, 5) is 15.1. The minimum atomic E-state index is -0.422. The number of nitro groups is 1. The third-order valence-corrected chi connectivity index (χ3v) is 5.31. The van der Waals surface area contributed by atoms with E-state index in [-0.39, 0.29) is 5.69 Å². The molecule has 0 spiro atoms. The van der Waals surface area contributed by atoms with Crippen LogP contribution in [0.2, 0.25) is 0 Å². The van der Waals surface area contributed by atoms with Crippen LogP contribution in [0.15, 0.2) is 83.3 Å². The molecule has 150 valence electrons. The lowest BCUT2D eigenvalue weighted by atomic mass is 10.2. The third kappa shape index (κ3) is 4.17. The van der Waals surface area contributed by atoms with Gasteiger partial charge in [0.2, 0.25) is 4.77 Å². The first-order valence-corrected chi connectivity index (χ1v) is 10.2. The van der Waals surface area contributed by atoms with Gasteiger partial charge in [-0.2, -0.15) is 4.98 Å². The lowest BCUT2D eigenvalue weighted by Crippen LogP contribution is -2.17. The van der Waals surface area contributed by atoms with Crippen molar-refractivity contribution >= 4 is 39.5 Å². The highest BCUT2D eigenvalue weighted by atomic mass is 79.9. The summed E-state index contributed by atoms with van der Waals surface area (Å²) in [6, 6.07) is 23.9. The Balaban J connectivity index is 1.77. The Morgan fingerprint density at radius 3 is 2.30 bits per heavy atom. The van der Waals surface area contributed by atoms with Crippen molar-refractivity contribution in [3.63, 3.8) is 0 Å². The van der Waals surface area contributed by atoms with E-state index >= 15 is 0 Å². The summed E-state index contributed by atoms with van der Waals surface area (Å²) in [7, 11) is 0. The van der Waals surface area contributed by atoms with Crippen molar-refractivity contribution in [3.05, 3.63) is 98.2 Å². The topological polar surface area (TPSA) is 77.9 Å². The fourth-order valence-corrected chi connectivity index (χ4v) is 3.51. The molecule has 0 fully saturated rings. The maximum absolute atomic E-state index is 11.0. The van der Waals surface area contributed by atoms with Gasteiger partial charge in [0.1, 0.15) is 6.67 Å². The van der Waals surface area contributed by atoms with E-state index in [2.05, 4.69) is 26.2 Å². The van der Waals surface area contributed by atoms with E-state index < -0.39 is 4.92 Å². The number of hydrogen-bond acceptors (Lipinski definition) is 5. The Bertz CT molecular complexity index is 1240. The van der Waals surface area contributed by atoms with Crippen LogP contribution >= 0.6 is 28.1 Å². The van der Waals surface area contributed by atoms with Gasteiger partial charge in [0, 0.05) is 27.9 Å². The molecule has 0 saturated carbocycles. The Kier molecular flexibility index (Phi) is 5.73. The van der Waals surface area contributed by atoms with E-state index in [0.29, 0.717) is 17.3 Å². The summed E-state index contributed by atoms with van der Waals surface area (Å²) < 4.78 is 5.16. The zero-order valence-corrected chi connectivity index (χ0v) is 18.0. The van der Waals surface area contributed by atoms with Gasteiger partial charge >= 0.3 is 0 Å². The normalized spacial score (nSPS) is 10.7. The zero-order valence-electron chi connectivity index (χ0n) is 15.6. The number of benzene rings is 3. The molecule has 0 aliphatic rings. The van der Waals surface area contributed by atoms with E-state index in [4.69, 9.17) is 12.2 Å². The van der Waals surface area contributed by atoms with E-state index in [1.54, 1.807) is 12.1 Å². The van der Waals surface area contributed by atoms with Gasteiger partial charge in [-0.25, -0.2) is 9.36 Å². The van der Waals surface area contributed by atoms with Crippen molar-refractivity contribution in [1.29, 1.82) is 0 Å². The van der Waals surface area contributed by atoms with Crippen LogP contribution in [0, 0.1) is 14.9 Å². The Labute approximate surface area is 185 Å². The largest absolute Gasteiger partial charge is 0.366 e. The van der Waals surface area contributed by atoms with Gasteiger partial charge in [-0.05, 0) is 60.7 Å². The summed E-state index contributed by atoms with van der Waals surface area (Å²) in [6.07, 6.45) is 0. The van der Waals surface area contributed by atoms with Crippen LogP contribution in [0.25, 0.3) is 17.1 Å². The first-order chi connectivity index (χ1) is 14.5. The van der Waals surface area contributed by atoms with Gasteiger partial charge in [-0.1, -0.05) is 34.1 Å². The second kappa shape index (κ2) is 8.60. The Morgan fingerprint density at radius 1 is 1.00 bits per heavy atom. The Morgan fingerprint density at radius 2 is 1.67 bits per heavy atom. The van der Waals surface area contributed by atoms with Crippen molar-refractivity contribution in [3.8, 4) is 17.1 Å². The molecule has 30 heavy (non-hydrogen) atoms. The molecule has 0 saturated heterocycles. The number of nitro benzene ring substituents is 1. The highest BCUT2D eigenvalue weighted by molar-refractivity contribution is 9.10. The molecule has 1 heterocycles. The second-order valence-electron chi connectivity index (χ2n) is 6.41. The first kappa shape index (κ1) is 20.0. The number of halogens is 1. The monoisotopic (exact) mass is 481 g/mol. The van der Waals surface area contributed by atoms with E-state index in [9.17, 15) is 10.1 Å². The van der Waals surface area contributed by atoms with Gasteiger partial charge < -0.3 is 5.32 Å². The smallest absolute Gasteiger partial charge is 0.269 e. The molecule has 4 aromatic rings. The predicted molar refractivity (Wildman–Crippen MR) is 122 cm³/mol. The summed E-state index contributed by atoms with van der Waals surface area (Å²) in [5.41, 5.74) is 2.59. The molecule has 0 radical (unpaired) electrons. The van der Waals surface area contributed by atoms with Gasteiger partial charge in [-0.15, -0.1) is 0 Å². The minimum Gasteiger partial charge on any atom is -0.366 e. The molecule has 0 unspecified atom stereocenters. The van der Waals surface area contributed by atoms with Crippen LogP contribution in [-0.2, 0) is 6.67 Å². The van der Waals surface area contributed by atoms with Crippen LogP contribution in [0.5, 0.6) is 0 Å². The molecule has 0 amide bonds. The van der Waals surface area contributed by atoms with Crippen LogP contribution in [-0.4, -0.2) is 19.3 Å². The van der Waals surface area contributed by atoms with Gasteiger partial charge in [0.15, 0.2) is 5.82 Å². The SMILES string of the molecule is O=[N+]([O-])c1ccc(-c2nc(=S)n(CNc3ccc(Br)cc3)n2-c2ccccc2)cc1. The second-order valence-corrected chi connectivity index (χ2v) is 7.69. The molecular formula is C21H16BrN5O2S. The first-order valence-electron chi connectivity index (χ1n) is 9.02. The lowest BCUT2D eigenvalue weighted by Gasteiger charge is -2.15. The molecule has 0 aliphatic carbocycles. The van der Waals surface area contributed by atoms with Crippen LogP contribution in [0.3, 0.4) is 0 Å². The molecule has 7 nitrogen and oxygen atoms in total. The average Bonchev–Trinajstić information content (AvgIpc) is 3.10. The van der Waals surface area contributed by atoms with Gasteiger partial charge in [0.25, 0.3) is 5.69 Å².